The van der Waals surface area contributed by atoms with Gasteiger partial charge in [0.15, 0.2) is 5.15 Å². The summed E-state index contributed by atoms with van der Waals surface area (Å²) in [5, 5.41) is 0.116. The second-order valence-electron chi connectivity index (χ2n) is 2.30. The molecule has 0 atom stereocenters. The summed E-state index contributed by atoms with van der Waals surface area (Å²) in [4.78, 5) is 14.9. The van der Waals surface area contributed by atoms with Crippen molar-refractivity contribution in [2.24, 2.45) is 0 Å². The first kappa shape index (κ1) is 9.80. The number of aromatic nitrogens is 1. The van der Waals surface area contributed by atoms with E-state index in [1.54, 1.807) is 6.92 Å². The lowest BCUT2D eigenvalue weighted by Crippen LogP contribution is -2.07. The third kappa shape index (κ3) is 2.32. The zero-order valence-electron chi connectivity index (χ0n) is 7.08. The SMILES string of the molecule is CCOC(=O)c1ccc(N)c(Cl)n1. The fourth-order valence-corrected chi connectivity index (χ4v) is 0.918. The first-order chi connectivity index (χ1) is 6.15. The molecule has 4 nitrogen and oxygen atoms in total. The van der Waals surface area contributed by atoms with E-state index < -0.39 is 5.97 Å². The molecule has 0 aromatic carbocycles. The van der Waals surface area contributed by atoms with E-state index in [0.717, 1.165) is 0 Å². The van der Waals surface area contributed by atoms with Crippen LogP contribution in [0.2, 0.25) is 5.15 Å². The van der Waals surface area contributed by atoms with Gasteiger partial charge in [-0.3, -0.25) is 0 Å². The molecule has 0 bridgehead atoms. The van der Waals surface area contributed by atoms with Crippen molar-refractivity contribution in [3.05, 3.63) is 23.0 Å². The van der Waals surface area contributed by atoms with Gasteiger partial charge in [-0.1, -0.05) is 11.6 Å². The van der Waals surface area contributed by atoms with Gasteiger partial charge < -0.3 is 10.5 Å². The Morgan fingerprint density at radius 1 is 1.69 bits per heavy atom. The van der Waals surface area contributed by atoms with Gasteiger partial charge in [-0.2, -0.15) is 0 Å². The Kier molecular flexibility index (Phi) is 3.08. The van der Waals surface area contributed by atoms with Crippen LogP contribution < -0.4 is 5.73 Å². The molecule has 0 radical (unpaired) electrons. The molecule has 0 saturated carbocycles. The Balaban J connectivity index is 2.90. The predicted molar refractivity (Wildman–Crippen MR) is 49.6 cm³/mol. The van der Waals surface area contributed by atoms with Crippen molar-refractivity contribution in [1.29, 1.82) is 0 Å². The average Bonchev–Trinajstić information content (AvgIpc) is 2.10. The molecule has 70 valence electrons. The van der Waals surface area contributed by atoms with Crippen LogP contribution in [0, 0.1) is 0 Å². The van der Waals surface area contributed by atoms with Crippen molar-refractivity contribution < 1.29 is 9.53 Å². The third-order valence-corrected chi connectivity index (χ3v) is 1.66. The normalized spacial score (nSPS) is 9.69. The average molecular weight is 201 g/mol. The molecule has 0 aliphatic rings. The Hall–Kier alpha value is -1.29. The highest BCUT2D eigenvalue weighted by Crippen LogP contribution is 2.15. The van der Waals surface area contributed by atoms with Gasteiger partial charge in [0.25, 0.3) is 0 Å². The summed E-state index contributed by atoms with van der Waals surface area (Å²) < 4.78 is 4.72. The van der Waals surface area contributed by atoms with Crippen LogP contribution in [0.1, 0.15) is 17.4 Å². The molecule has 0 spiro atoms. The van der Waals surface area contributed by atoms with Crippen LogP contribution in [-0.4, -0.2) is 17.6 Å². The number of nitrogen functional groups attached to an aromatic ring is 1. The molecule has 0 amide bonds. The fraction of sp³-hybridized carbons (Fsp3) is 0.250. The first-order valence-corrected chi connectivity index (χ1v) is 4.12. The minimum atomic E-state index is -0.496. The highest BCUT2D eigenvalue weighted by atomic mass is 35.5. The highest BCUT2D eigenvalue weighted by molar-refractivity contribution is 6.31. The standard InChI is InChI=1S/C8H9ClN2O2/c1-2-13-8(12)6-4-3-5(10)7(9)11-6/h3-4H,2,10H2,1H3. The summed E-state index contributed by atoms with van der Waals surface area (Å²) in [7, 11) is 0. The van der Waals surface area contributed by atoms with Crippen molar-refractivity contribution in [1.82, 2.24) is 4.98 Å². The molecular formula is C8H9ClN2O2. The van der Waals surface area contributed by atoms with E-state index in [1.165, 1.54) is 12.1 Å². The van der Waals surface area contributed by atoms with Crippen LogP contribution in [0.15, 0.2) is 12.1 Å². The second kappa shape index (κ2) is 4.09. The zero-order valence-corrected chi connectivity index (χ0v) is 7.84. The van der Waals surface area contributed by atoms with Crippen LogP contribution >= 0.6 is 11.6 Å². The van der Waals surface area contributed by atoms with Gasteiger partial charge in [0.05, 0.1) is 12.3 Å². The lowest BCUT2D eigenvalue weighted by Gasteiger charge is -2.01. The van der Waals surface area contributed by atoms with E-state index in [4.69, 9.17) is 22.1 Å². The van der Waals surface area contributed by atoms with Crippen molar-refractivity contribution in [3.8, 4) is 0 Å². The minimum Gasteiger partial charge on any atom is -0.461 e. The largest absolute Gasteiger partial charge is 0.461 e. The lowest BCUT2D eigenvalue weighted by atomic mass is 10.3. The van der Waals surface area contributed by atoms with Crippen LogP contribution in [0.3, 0.4) is 0 Å². The Bertz CT molecular complexity index is 328. The third-order valence-electron chi connectivity index (χ3n) is 1.36. The molecular weight excluding hydrogens is 192 g/mol. The fourth-order valence-electron chi connectivity index (χ4n) is 0.764. The monoisotopic (exact) mass is 200 g/mol. The molecule has 1 aromatic rings. The predicted octanol–water partition coefficient (Wildman–Crippen LogP) is 1.49. The van der Waals surface area contributed by atoms with Crippen molar-refractivity contribution in [2.45, 2.75) is 6.92 Å². The molecule has 5 heteroatoms. The number of halogens is 1. The number of hydrogen-bond acceptors (Lipinski definition) is 4. The van der Waals surface area contributed by atoms with Crippen LogP contribution in [0.4, 0.5) is 5.69 Å². The summed E-state index contributed by atoms with van der Waals surface area (Å²) in [5.41, 5.74) is 5.93. The van der Waals surface area contributed by atoms with Crippen molar-refractivity contribution in [2.75, 3.05) is 12.3 Å². The number of hydrogen-bond donors (Lipinski definition) is 1. The summed E-state index contributed by atoms with van der Waals surface area (Å²) in [6.07, 6.45) is 0. The van der Waals surface area contributed by atoms with E-state index in [-0.39, 0.29) is 10.8 Å². The number of ether oxygens (including phenoxy) is 1. The van der Waals surface area contributed by atoms with Gasteiger partial charge in [0.2, 0.25) is 0 Å². The van der Waals surface area contributed by atoms with Gasteiger partial charge in [0.1, 0.15) is 5.69 Å². The summed E-state index contributed by atoms with van der Waals surface area (Å²) >= 11 is 5.61. The molecule has 2 N–H and O–H groups in total. The number of carbonyl (C=O) groups is 1. The van der Waals surface area contributed by atoms with Gasteiger partial charge in [-0.25, -0.2) is 9.78 Å². The minimum absolute atomic E-state index is 0.116. The molecule has 0 saturated heterocycles. The van der Waals surface area contributed by atoms with E-state index >= 15 is 0 Å². The molecule has 13 heavy (non-hydrogen) atoms. The Labute approximate surface area is 80.7 Å². The second-order valence-corrected chi connectivity index (χ2v) is 2.66. The molecule has 1 aromatic heterocycles. The summed E-state index contributed by atoms with van der Waals surface area (Å²) in [5.74, 6) is -0.496. The number of nitrogens with two attached hydrogens (primary N) is 1. The number of carbonyl (C=O) groups excluding carboxylic acids is 1. The van der Waals surface area contributed by atoms with E-state index in [1.807, 2.05) is 0 Å². The molecule has 0 aliphatic heterocycles. The first-order valence-electron chi connectivity index (χ1n) is 3.74. The van der Waals surface area contributed by atoms with Crippen LogP contribution in [0.5, 0.6) is 0 Å². The van der Waals surface area contributed by atoms with Crippen molar-refractivity contribution >= 4 is 23.3 Å². The van der Waals surface area contributed by atoms with Crippen molar-refractivity contribution in [3.63, 3.8) is 0 Å². The summed E-state index contributed by atoms with van der Waals surface area (Å²) in [6.45, 7) is 2.03. The maximum atomic E-state index is 11.1. The number of pyridine rings is 1. The Morgan fingerprint density at radius 2 is 2.38 bits per heavy atom. The molecule has 0 fully saturated rings. The number of rotatable bonds is 2. The maximum absolute atomic E-state index is 11.1. The molecule has 0 unspecified atom stereocenters. The van der Waals surface area contributed by atoms with E-state index in [9.17, 15) is 4.79 Å². The quantitative estimate of drug-likeness (QED) is 0.580. The van der Waals surface area contributed by atoms with Crippen LogP contribution in [-0.2, 0) is 4.74 Å². The van der Waals surface area contributed by atoms with E-state index in [2.05, 4.69) is 4.98 Å². The number of nitrogens with zero attached hydrogens (tertiary/aromatic N) is 1. The summed E-state index contributed by atoms with van der Waals surface area (Å²) in [6, 6.07) is 2.99. The molecule has 1 heterocycles. The molecule has 1 rings (SSSR count). The maximum Gasteiger partial charge on any atom is 0.356 e. The van der Waals surface area contributed by atoms with E-state index in [0.29, 0.717) is 12.3 Å². The van der Waals surface area contributed by atoms with Gasteiger partial charge in [0, 0.05) is 0 Å². The van der Waals surface area contributed by atoms with Gasteiger partial charge in [-0.15, -0.1) is 0 Å². The topological polar surface area (TPSA) is 65.2 Å². The zero-order chi connectivity index (χ0) is 9.84. The smallest absolute Gasteiger partial charge is 0.356 e. The highest BCUT2D eigenvalue weighted by Gasteiger charge is 2.09. The molecule has 0 aliphatic carbocycles. The number of esters is 1. The van der Waals surface area contributed by atoms with Gasteiger partial charge in [-0.05, 0) is 19.1 Å². The van der Waals surface area contributed by atoms with Gasteiger partial charge >= 0.3 is 5.97 Å². The Morgan fingerprint density at radius 3 is 2.92 bits per heavy atom. The number of anilines is 1. The van der Waals surface area contributed by atoms with Crippen LogP contribution in [0.25, 0.3) is 0 Å². The lowest BCUT2D eigenvalue weighted by molar-refractivity contribution is 0.0519.